The van der Waals surface area contributed by atoms with Crippen LogP contribution in [0.25, 0.3) is 0 Å². The van der Waals surface area contributed by atoms with Crippen molar-refractivity contribution in [2.75, 3.05) is 18.8 Å². The molecule has 0 bridgehead atoms. The third-order valence-corrected chi connectivity index (χ3v) is 4.89. The van der Waals surface area contributed by atoms with Gasteiger partial charge in [0.25, 0.3) is 5.91 Å². The monoisotopic (exact) mass is 278 g/mol. The number of amides is 1. The van der Waals surface area contributed by atoms with Crippen molar-refractivity contribution >= 4 is 11.6 Å². The van der Waals surface area contributed by atoms with Crippen molar-refractivity contribution in [3.63, 3.8) is 0 Å². The largest absolute Gasteiger partial charge is 0.396 e. The SMILES string of the molecule is CCC1(CC)CCN(C(=O)c2cccc(F)c2N)CC1. The van der Waals surface area contributed by atoms with Crippen molar-refractivity contribution in [3.8, 4) is 0 Å². The first-order chi connectivity index (χ1) is 9.53. The molecule has 4 heteroatoms. The minimum atomic E-state index is -0.524. The lowest BCUT2D eigenvalue weighted by Gasteiger charge is -2.41. The summed E-state index contributed by atoms with van der Waals surface area (Å²) in [5.74, 6) is -0.674. The third-order valence-electron chi connectivity index (χ3n) is 4.89. The van der Waals surface area contributed by atoms with E-state index in [0.717, 1.165) is 38.8 Å². The maximum atomic E-state index is 13.4. The number of benzene rings is 1. The Bertz CT molecular complexity index is 487. The van der Waals surface area contributed by atoms with Gasteiger partial charge in [0.2, 0.25) is 0 Å². The fourth-order valence-corrected chi connectivity index (χ4v) is 3.04. The molecular formula is C16H23FN2O. The van der Waals surface area contributed by atoms with Crippen molar-refractivity contribution in [3.05, 3.63) is 29.6 Å². The maximum Gasteiger partial charge on any atom is 0.256 e. The smallest absolute Gasteiger partial charge is 0.256 e. The Labute approximate surface area is 120 Å². The van der Waals surface area contributed by atoms with Crippen LogP contribution >= 0.6 is 0 Å². The van der Waals surface area contributed by atoms with Crippen LogP contribution < -0.4 is 5.73 Å². The molecule has 0 aliphatic carbocycles. The molecule has 20 heavy (non-hydrogen) atoms. The number of piperidine rings is 1. The minimum Gasteiger partial charge on any atom is -0.396 e. The van der Waals surface area contributed by atoms with E-state index >= 15 is 0 Å². The van der Waals surface area contributed by atoms with Gasteiger partial charge in [0.05, 0.1) is 11.3 Å². The van der Waals surface area contributed by atoms with Crippen LogP contribution in [0.2, 0.25) is 0 Å². The van der Waals surface area contributed by atoms with Crippen LogP contribution in [-0.4, -0.2) is 23.9 Å². The second-order valence-corrected chi connectivity index (χ2v) is 5.70. The third kappa shape index (κ3) is 2.65. The van der Waals surface area contributed by atoms with Crippen LogP contribution in [0.4, 0.5) is 10.1 Å². The molecule has 0 unspecified atom stereocenters. The number of hydrogen-bond donors (Lipinski definition) is 1. The number of likely N-dealkylation sites (tertiary alicyclic amines) is 1. The van der Waals surface area contributed by atoms with Gasteiger partial charge in [-0.3, -0.25) is 4.79 Å². The van der Waals surface area contributed by atoms with Gasteiger partial charge in [0.15, 0.2) is 0 Å². The fourth-order valence-electron chi connectivity index (χ4n) is 3.04. The van der Waals surface area contributed by atoms with Gasteiger partial charge in [0.1, 0.15) is 5.82 Å². The van der Waals surface area contributed by atoms with E-state index in [1.165, 1.54) is 12.1 Å². The van der Waals surface area contributed by atoms with E-state index < -0.39 is 5.82 Å². The molecule has 0 saturated carbocycles. The molecule has 1 aliphatic heterocycles. The van der Waals surface area contributed by atoms with Crippen LogP contribution in [0.5, 0.6) is 0 Å². The number of carbonyl (C=O) groups excluding carboxylic acids is 1. The lowest BCUT2D eigenvalue weighted by molar-refractivity contribution is 0.0558. The summed E-state index contributed by atoms with van der Waals surface area (Å²) in [6, 6.07) is 4.41. The first-order valence-electron chi connectivity index (χ1n) is 7.36. The topological polar surface area (TPSA) is 46.3 Å². The summed E-state index contributed by atoms with van der Waals surface area (Å²) in [5.41, 5.74) is 6.28. The predicted octanol–water partition coefficient (Wildman–Crippen LogP) is 3.45. The molecule has 0 atom stereocenters. The number of anilines is 1. The van der Waals surface area contributed by atoms with Crippen molar-refractivity contribution < 1.29 is 9.18 Å². The summed E-state index contributed by atoms with van der Waals surface area (Å²) in [7, 11) is 0. The second-order valence-electron chi connectivity index (χ2n) is 5.70. The van der Waals surface area contributed by atoms with E-state index in [4.69, 9.17) is 5.73 Å². The molecule has 1 aromatic carbocycles. The summed E-state index contributed by atoms with van der Waals surface area (Å²) in [6.07, 6.45) is 4.32. The van der Waals surface area contributed by atoms with E-state index in [2.05, 4.69) is 13.8 Å². The van der Waals surface area contributed by atoms with Crippen molar-refractivity contribution in [1.82, 2.24) is 4.90 Å². The molecule has 1 aromatic rings. The van der Waals surface area contributed by atoms with E-state index in [1.54, 1.807) is 11.0 Å². The van der Waals surface area contributed by atoms with Crippen LogP contribution in [0, 0.1) is 11.2 Å². The standard InChI is InChI=1S/C16H23FN2O/c1-3-16(4-2)8-10-19(11-9-16)15(20)12-6-5-7-13(17)14(12)18/h5-7H,3-4,8-11,18H2,1-2H3. The lowest BCUT2D eigenvalue weighted by Crippen LogP contribution is -2.43. The van der Waals surface area contributed by atoms with Gasteiger partial charge < -0.3 is 10.6 Å². The highest BCUT2D eigenvalue weighted by Crippen LogP contribution is 2.38. The van der Waals surface area contributed by atoms with Gasteiger partial charge in [0, 0.05) is 13.1 Å². The van der Waals surface area contributed by atoms with Crippen LogP contribution in [0.15, 0.2) is 18.2 Å². The quantitative estimate of drug-likeness (QED) is 0.861. The first kappa shape index (κ1) is 14.8. The summed E-state index contributed by atoms with van der Waals surface area (Å²) < 4.78 is 13.4. The zero-order valence-electron chi connectivity index (χ0n) is 12.3. The van der Waals surface area contributed by atoms with Gasteiger partial charge in [-0.1, -0.05) is 32.8 Å². The second kappa shape index (κ2) is 5.81. The molecule has 2 rings (SSSR count). The Morgan fingerprint density at radius 3 is 2.45 bits per heavy atom. The fraction of sp³-hybridized carbons (Fsp3) is 0.562. The van der Waals surface area contributed by atoms with Gasteiger partial charge in [-0.05, 0) is 30.4 Å². The summed E-state index contributed by atoms with van der Waals surface area (Å²) in [5, 5.41) is 0. The van der Waals surface area contributed by atoms with Crippen molar-refractivity contribution in [2.24, 2.45) is 5.41 Å². The molecule has 1 saturated heterocycles. The highest BCUT2D eigenvalue weighted by atomic mass is 19.1. The Morgan fingerprint density at radius 1 is 1.30 bits per heavy atom. The van der Waals surface area contributed by atoms with Gasteiger partial charge in [-0.2, -0.15) is 0 Å². The molecule has 1 fully saturated rings. The Hall–Kier alpha value is -1.58. The number of para-hydroxylation sites is 1. The Morgan fingerprint density at radius 2 is 1.90 bits per heavy atom. The predicted molar refractivity (Wildman–Crippen MR) is 79.0 cm³/mol. The molecule has 1 amide bonds. The Balaban J connectivity index is 2.11. The molecule has 3 nitrogen and oxygen atoms in total. The van der Waals surface area contributed by atoms with Crippen molar-refractivity contribution in [2.45, 2.75) is 39.5 Å². The molecule has 0 radical (unpaired) electrons. The average molecular weight is 278 g/mol. The molecule has 0 aromatic heterocycles. The number of nitrogen functional groups attached to an aromatic ring is 1. The van der Waals surface area contributed by atoms with Gasteiger partial charge in [-0.15, -0.1) is 0 Å². The van der Waals surface area contributed by atoms with Crippen LogP contribution in [0.3, 0.4) is 0 Å². The number of hydrogen-bond acceptors (Lipinski definition) is 2. The van der Waals surface area contributed by atoms with E-state index in [9.17, 15) is 9.18 Å². The highest BCUT2D eigenvalue weighted by molar-refractivity contribution is 5.99. The molecule has 1 aliphatic rings. The summed E-state index contributed by atoms with van der Waals surface area (Å²) >= 11 is 0. The summed E-state index contributed by atoms with van der Waals surface area (Å²) in [6.45, 7) is 5.89. The molecule has 0 spiro atoms. The van der Waals surface area contributed by atoms with E-state index in [0.29, 0.717) is 5.41 Å². The van der Waals surface area contributed by atoms with Crippen LogP contribution in [-0.2, 0) is 0 Å². The zero-order valence-corrected chi connectivity index (χ0v) is 12.3. The van der Waals surface area contributed by atoms with E-state index in [-0.39, 0.29) is 17.2 Å². The number of rotatable bonds is 3. The molecule has 110 valence electrons. The zero-order chi connectivity index (χ0) is 14.8. The molecule has 2 N–H and O–H groups in total. The molecular weight excluding hydrogens is 255 g/mol. The number of nitrogens with two attached hydrogens (primary N) is 1. The van der Waals surface area contributed by atoms with Crippen molar-refractivity contribution in [1.29, 1.82) is 0 Å². The summed E-state index contributed by atoms with van der Waals surface area (Å²) in [4.78, 5) is 14.2. The normalized spacial score (nSPS) is 18.1. The van der Waals surface area contributed by atoms with Gasteiger partial charge >= 0.3 is 0 Å². The number of nitrogens with zero attached hydrogens (tertiary/aromatic N) is 1. The Kier molecular flexibility index (Phi) is 4.31. The maximum absolute atomic E-state index is 13.4. The highest BCUT2D eigenvalue weighted by Gasteiger charge is 2.33. The lowest BCUT2D eigenvalue weighted by atomic mass is 9.74. The van der Waals surface area contributed by atoms with E-state index in [1.807, 2.05) is 0 Å². The first-order valence-corrected chi connectivity index (χ1v) is 7.36. The van der Waals surface area contributed by atoms with Crippen LogP contribution in [0.1, 0.15) is 49.9 Å². The minimum absolute atomic E-state index is 0.0414. The number of halogens is 1. The van der Waals surface area contributed by atoms with Gasteiger partial charge in [-0.25, -0.2) is 4.39 Å². The molecule has 1 heterocycles. The average Bonchev–Trinajstić information content (AvgIpc) is 2.49. The number of carbonyl (C=O) groups is 1.